The van der Waals surface area contributed by atoms with Crippen molar-refractivity contribution in [3.8, 4) is 23.0 Å². The zero-order chi connectivity index (χ0) is 23.3. The molecule has 5 nitrogen and oxygen atoms in total. The van der Waals surface area contributed by atoms with E-state index in [1.54, 1.807) is 30.3 Å². The number of ether oxygens (including phenoxy) is 2. The molecule has 1 saturated heterocycles. The fourth-order valence-corrected chi connectivity index (χ4v) is 4.19. The summed E-state index contributed by atoms with van der Waals surface area (Å²) in [4.78, 5) is 2.88. The molecule has 0 radical (unpaired) electrons. The summed E-state index contributed by atoms with van der Waals surface area (Å²) < 4.78 is 23.9. The van der Waals surface area contributed by atoms with Gasteiger partial charge in [0.1, 0.15) is 23.9 Å². The Hall–Kier alpha value is -2.90. The van der Waals surface area contributed by atoms with Gasteiger partial charge < -0.3 is 19.7 Å². The predicted molar refractivity (Wildman–Crippen MR) is 130 cm³/mol. The molecular weight excluding hydrogens is 441 g/mol. The minimum atomic E-state index is -0.572. The van der Waals surface area contributed by atoms with Crippen LogP contribution in [0.1, 0.15) is 12.8 Å². The first-order valence-electron chi connectivity index (χ1n) is 11.0. The van der Waals surface area contributed by atoms with Crippen LogP contribution in [0.15, 0.2) is 77.7 Å². The van der Waals surface area contributed by atoms with E-state index in [-0.39, 0.29) is 5.75 Å². The Labute approximate surface area is 198 Å². The first-order chi connectivity index (χ1) is 16.1. The van der Waals surface area contributed by atoms with E-state index in [2.05, 4.69) is 4.90 Å². The van der Waals surface area contributed by atoms with Gasteiger partial charge in [-0.1, -0.05) is 36.4 Å². The third kappa shape index (κ3) is 8.51. The van der Waals surface area contributed by atoms with Gasteiger partial charge in [0.2, 0.25) is 0 Å². The second kappa shape index (κ2) is 13.6. The molecule has 0 aromatic heterocycles. The van der Waals surface area contributed by atoms with E-state index in [1.807, 2.05) is 36.4 Å². The average Bonchev–Trinajstić information content (AvgIpc) is 3.37. The normalized spacial score (nSPS) is 14.6. The fraction of sp³-hybridized carbons (Fsp3) is 0.308. The summed E-state index contributed by atoms with van der Waals surface area (Å²) in [5, 5.41) is 17.7. The Bertz CT molecular complexity index is 953. The van der Waals surface area contributed by atoms with E-state index in [4.69, 9.17) is 19.7 Å². The third-order valence-corrected chi connectivity index (χ3v) is 6.04. The number of nitrogens with zero attached hydrogens (tertiary/aromatic N) is 1. The molecule has 0 atom stereocenters. The first kappa shape index (κ1) is 24.7. The van der Waals surface area contributed by atoms with Crippen LogP contribution in [0, 0.1) is 5.82 Å². The largest absolute Gasteiger partial charge is 0.508 e. The number of rotatable bonds is 4. The van der Waals surface area contributed by atoms with Crippen LogP contribution in [0.25, 0.3) is 0 Å². The van der Waals surface area contributed by atoms with Crippen LogP contribution in [0.5, 0.6) is 23.0 Å². The number of likely N-dealkylation sites (tertiary alicyclic amines) is 1. The van der Waals surface area contributed by atoms with Gasteiger partial charge in [-0.15, -0.1) is 11.8 Å². The molecule has 2 aliphatic heterocycles. The van der Waals surface area contributed by atoms with E-state index >= 15 is 0 Å². The van der Waals surface area contributed by atoms with Crippen LogP contribution < -0.4 is 9.47 Å². The van der Waals surface area contributed by atoms with Gasteiger partial charge in [-0.25, -0.2) is 4.39 Å². The molecule has 2 N–H and O–H groups in total. The van der Waals surface area contributed by atoms with Crippen LogP contribution in [-0.4, -0.2) is 53.7 Å². The minimum absolute atomic E-state index is 0.313. The van der Waals surface area contributed by atoms with E-state index in [0.29, 0.717) is 23.0 Å². The Morgan fingerprint density at radius 3 is 2.21 bits per heavy atom. The van der Waals surface area contributed by atoms with E-state index in [1.165, 1.54) is 43.8 Å². The van der Waals surface area contributed by atoms with Crippen LogP contribution in [-0.2, 0) is 0 Å². The van der Waals surface area contributed by atoms with Crippen molar-refractivity contribution < 1.29 is 24.1 Å². The SMILES string of the molecule is Oc1ccc2c(c1F)SCCO2.Oc1ccccc1.c1ccc(OCCN2CCCC2)cc1. The number of benzene rings is 3. The molecule has 1 fully saturated rings. The quantitative estimate of drug-likeness (QED) is 0.519. The Kier molecular flexibility index (Phi) is 10.2. The van der Waals surface area contributed by atoms with E-state index < -0.39 is 5.82 Å². The molecule has 0 aliphatic carbocycles. The van der Waals surface area contributed by atoms with Crippen molar-refractivity contribution in [2.24, 2.45) is 0 Å². The number of halogens is 1. The molecule has 0 amide bonds. The highest BCUT2D eigenvalue weighted by atomic mass is 32.2. The molecule has 0 bridgehead atoms. The van der Waals surface area contributed by atoms with Crippen LogP contribution in [0.2, 0.25) is 0 Å². The van der Waals surface area contributed by atoms with E-state index in [9.17, 15) is 4.39 Å². The molecule has 0 unspecified atom stereocenters. The van der Waals surface area contributed by atoms with Gasteiger partial charge in [-0.05, 0) is 62.3 Å². The summed E-state index contributed by atoms with van der Waals surface area (Å²) in [6.07, 6.45) is 2.71. The maximum Gasteiger partial charge on any atom is 0.182 e. The summed E-state index contributed by atoms with van der Waals surface area (Å²) in [5.41, 5.74) is 0. The number of hydrogen-bond acceptors (Lipinski definition) is 6. The smallest absolute Gasteiger partial charge is 0.182 e. The molecule has 0 spiro atoms. The van der Waals surface area contributed by atoms with Gasteiger partial charge >= 0.3 is 0 Å². The first-order valence-corrected chi connectivity index (χ1v) is 12.0. The number of phenols is 2. The second-order valence-electron chi connectivity index (χ2n) is 7.47. The minimum Gasteiger partial charge on any atom is -0.508 e. The van der Waals surface area contributed by atoms with Crippen molar-refractivity contribution >= 4 is 11.8 Å². The van der Waals surface area contributed by atoms with Crippen molar-refractivity contribution in [1.82, 2.24) is 4.90 Å². The molecule has 5 rings (SSSR count). The maximum atomic E-state index is 13.1. The zero-order valence-corrected chi connectivity index (χ0v) is 19.3. The predicted octanol–water partition coefficient (Wildman–Crippen LogP) is 5.57. The van der Waals surface area contributed by atoms with Gasteiger partial charge in [0.15, 0.2) is 11.6 Å². The number of fused-ring (bicyclic) bond motifs is 1. The number of thioether (sulfide) groups is 1. The number of hydrogen-bond donors (Lipinski definition) is 2. The molecule has 2 aliphatic rings. The number of phenolic OH excluding ortho intramolecular Hbond substituents is 2. The van der Waals surface area contributed by atoms with Crippen LogP contribution in [0.3, 0.4) is 0 Å². The highest BCUT2D eigenvalue weighted by Gasteiger charge is 2.17. The molecule has 33 heavy (non-hydrogen) atoms. The van der Waals surface area contributed by atoms with Gasteiger partial charge in [0.25, 0.3) is 0 Å². The van der Waals surface area contributed by atoms with E-state index in [0.717, 1.165) is 24.7 Å². The summed E-state index contributed by atoms with van der Waals surface area (Å²) in [6, 6.07) is 21.6. The molecular formula is C26H30FNO4S. The zero-order valence-electron chi connectivity index (χ0n) is 18.5. The Morgan fingerprint density at radius 2 is 1.58 bits per heavy atom. The van der Waals surface area contributed by atoms with Crippen molar-refractivity contribution in [3.63, 3.8) is 0 Å². The standard InChI is InChI=1S/C12H17NO.C8H7FO2S.C6H6O/c1-2-6-12(7-3-1)14-11-10-13-8-4-5-9-13;9-7-5(10)1-2-6-8(7)12-4-3-11-6;7-6-4-2-1-3-5-6/h1-3,6-7H,4-5,8-11H2;1-2,10H,3-4H2;1-5,7H. The highest BCUT2D eigenvalue weighted by molar-refractivity contribution is 7.99. The topological polar surface area (TPSA) is 62.2 Å². The maximum absolute atomic E-state index is 13.1. The summed E-state index contributed by atoms with van der Waals surface area (Å²) >= 11 is 1.37. The lowest BCUT2D eigenvalue weighted by Gasteiger charge is -2.16. The lowest BCUT2D eigenvalue weighted by atomic mass is 10.3. The van der Waals surface area contributed by atoms with Crippen LogP contribution in [0.4, 0.5) is 4.39 Å². The Balaban J connectivity index is 0.000000147. The summed E-state index contributed by atoms with van der Waals surface area (Å²) in [6.45, 7) is 4.97. The van der Waals surface area contributed by atoms with Crippen LogP contribution >= 0.6 is 11.8 Å². The number of aromatic hydroxyl groups is 2. The molecule has 176 valence electrons. The lowest BCUT2D eigenvalue weighted by molar-refractivity contribution is 0.238. The van der Waals surface area contributed by atoms with Crippen molar-refractivity contribution in [3.05, 3.63) is 78.6 Å². The Morgan fingerprint density at radius 1 is 0.909 bits per heavy atom. The number of para-hydroxylation sites is 2. The highest BCUT2D eigenvalue weighted by Crippen LogP contribution is 2.38. The van der Waals surface area contributed by atoms with Gasteiger partial charge in [-0.3, -0.25) is 4.90 Å². The molecule has 3 aromatic rings. The van der Waals surface area contributed by atoms with Crippen molar-refractivity contribution in [1.29, 1.82) is 0 Å². The van der Waals surface area contributed by atoms with Gasteiger partial charge in [0.05, 0.1) is 11.5 Å². The molecule has 3 aromatic carbocycles. The fourth-order valence-electron chi connectivity index (χ4n) is 3.31. The second-order valence-corrected chi connectivity index (χ2v) is 8.57. The summed E-state index contributed by atoms with van der Waals surface area (Å²) in [7, 11) is 0. The molecule has 7 heteroatoms. The summed E-state index contributed by atoms with van der Waals surface area (Å²) in [5.74, 6) is 1.67. The average molecular weight is 472 g/mol. The van der Waals surface area contributed by atoms with Gasteiger partial charge in [0, 0.05) is 12.3 Å². The van der Waals surface area contributed by atoms with Crippen molar-refractivity contribution in [2.75, 3.05) is 38.6 Å². The van der Waals surface area contributed by atoms with Gasteiger partial charge in [-0.2, -0.15) is 0 Å². The monoisotopic (exact) mass is 471 g/mol. The molecule has 2 heterocycles. The molecule has 0 saturated carbocycles. The van der Waals surface area contributed by atoms with Crippen molar-refractivity contribution in [2.45, 2.75) is 17.7 Å². The lowest BCUT2D eigenvalue weighted by Crippen LogP contribution is -2.25. The third-order valence-electron chi connectivity index (χ3n) is 5.00.